The van der Waals surface area contributed by atoms with Gasteiger partial charge in [0.2, 0.25) is 0 Å². The van der Waals surface area contributed by atoms with Gasteiger partial charge in [0.25, 0.3) is 0 Å². The van der Waals surface area contributed by atoms with Crippen molar-refractivity contribution in [3.8, 4) is 44.5 Å². The molecule has 0 atom stereocenters. The largest absolute Gasteiger partial charge is 0.455 e. The summed E-state index contributed by atoms with van der Waals surface area (Å²) < 4.78 is 192. The molecule has 1 spiro atoms. The zero-order valence-electron chi connectivity index (χ0n) is 67.4. The quantitative estimate of drug-likeness (QED) is 0.171. The molecule has 0 saturated carbocycles. The maximum absolute atomic E-state index is 11.0. The van der Waals surface area contributed by atoms with Crippen molar-refractivity contribution < 1.29 is 30.5 Å². The molecule has 1 aromatic heterocycles. The zero-order valence-corrected chi connectivity index (χ0v) is 48.4. The molecule has 0 radical (unpaired) electrons. The lowest BCUT2D eigenvalue weighted by Crippen LogP contribution is -2.31. The van der Waals surface area contributed by atoms with Gasteiger partial charge in [-0.1, -0.05) is 90.6 Å². The first-order chi connectivity index (χ1) is 45.7. The first-order valence-electron chi connectivity index (χ1n) is 36.6. The molecule has 13 rings (SSSR count). The second kappa shape index (κ2) is 17.5. The van der Waals surface area contributed by atoms with Gasteiger partial charge >= 0.3 is 0 Å². The van der Waals surface area contributed by atoms with Gasteiger partial charge in [0.15, 0.2) is 0 Å². The van der Waals surface area contributed by atoms with E-state index in [-0.39, 0.29) is 127 Å². The van der Waals surface area contributed by atoms with Crippen LogP contribution in [-0.2, 0) is 5.41 Å². The number of hydrogen-bond acceptors (Lipinski definition) is 2. The molecule has 1 heterocycles. The Labute approximate surface area is 495 Å². The van der Waals surface area contributed by atoms with Crippen LogP contribution in [-0.4, -0.2) is 0 Å². The van der Waals surface area contributed by atoms with Gasteiger partial charge in [-0.25, -0.2) is 0 Å². The first-order valence-corrected chi connectivity index (χ1v) is 27.1. The summed E-state index contributed by atoms with van der Waals surface area (Å²) in [5, 5.41) is 1.16. The lowest BCUT2D eigenvalue weighted by Gasteiger charge is -2.38. The molecule has 0 saturated heterocycles. The second-order valence-electron chi connectivity index (χ2n) is 22.5. The maximum Gasteiger partial charge on any atom is 0.143 e. The summed E-state index contributed by atoms with van der Waals surface area (Å²) in [7, 11) is 0. The molecule has 0 fully saturated rings. The van der Waals surface area contributed by atoms with Crippen molar-refractivity contribution in [1.29, 1.82) is 0 Å². The number of rotatable bonds is 5. The fourth-order valence-electron chi connectivity index (χ4n) is 14.1. The second-order valence-corrected chi connectivity index (χ2v) is 22.5. The van der Waals surface area contributed by atoms with Gasteiger partial charge in [0, 0.05) is 27.3 Å². The highest BCUT2D eigenvalue weighted by Crippen LogP contribution is 2.69. The van der Waals surface area contributed by atoms with Crippen molar-refractivity contribution in [2.24, 2.45) is 0 Å². The molecule has 2 aliphatic rings. The summed E-state index contributed by atoms with van der Waals surface area (Å²) in [6, 6.07) is -8.45. The highest BCUT2D eigenvalue weighted by atomic mass is 16.3. The van der Waals surface area contributed by atoms with Gasteiger partial charge in [-0.3, -0.25) is 0 Å². The molecule has 392 valence electrons. The van der Waals surface area contributed by atoms with Crippen LogP contribution in [0.2, 0.25) is 0 Å². The standard InChI is InChI=1S/C77H73NO/c1-38-31-32-39(2)67-65(38)60(59-34-42(5)41(4)33-43(59)6)37-62-66-44(7)36-64(54(17)75(66)79-76(62)67)78(63-30-23-22-28-57(63)56-26-20-19-21-27-56)74-45(8)35-61-58-29-24-25-40(3)70(58)77(71(61)55(74)18)72-52(15)48(11)46(9)50(13)68(72)69-51(14)47(10)49(12)53(16)73(69)77/h19-37H,1-18H3/i19D,20D,21D,22D,23D,24D,25D,26D,27D,28D,29D,30D,31D,32D,33D,34D,35D,36D,37D. The topological polar surface area (TPSA) is 16.4 Å². The van der Waals surface area contributed by atoms with Crippen molar-refractivity contribution in [2.75, 3.05) is 4.90 Å². The number of nitrogens with zero attached hydrogens (tertiary/aromatic N) is 1. The van der Waals surface area contributed by atoms with E-state index in [0.29, 0.717) is 66.4 Å². The molecule has 11 aromatic rings. The summed E-state index contributed by atoms with van der Waals surface area (Å²) in [5.74, 6) is 0. The van der Waals surface area contributed by atoms with Crippen LogP contribution < -0.4 is 4.90 Å². The minimum Gasteiger partial charge on any atom is -0.455 e. The number of aryl methyl sites for hydroxylation is 4. The molecular formula is C77H73NO. The van der Waals surface area contributed by atoms with Gasteiger partial charge < -0.3 is 9.32 Å². The van der Waals surface area contributed by atoms with E-state index < -0.39 is 76.6 Å². The van der Waals surface area contributed by atoms with Crippen LogP contribution in [0.3, 0.4) is 0 Å². The molecule has 2 nitrogen and oxygen atoms in total. The Morgan fingerprint density at radius 2 is 0.899 bits per heavy atom. The molecule has 0 amide bonds. The van der Waals surface area contributed by atoms with Crippen molar-refractivity contribution in [1.82, 2.24) is 0 Å². The Hall–Kier alpha value is -7.94. The molecular weight excluding hydrogens is 955 g/mol. The smallest absolute Gasteiger partial charge is 0.143 e. The van der Waals surface area contributed by atoms with Crippen LogP contribution in [0.5, 0.6) is 0 Å². The average Bonchev–Trinajstić information content (AvgIpc) is 1.48. The van der Waals surface area contributed by atoms with Crippen LogP contribution in [0.15, 0.2) is 119 Å². The molecule has 0 aliphatic heterocycles. The number of para-hydroxylation sites is 1. The molecule has 0 bridgehead atoms. The highest BCUT2D eigenvalue weighted by molar-refractivity contribution is 6.22. The Kier molecular flexibility index (Phi) is 7.43. The Bertz CT molecular complexity index is 5560. The van der Waals surface area contributed by atoms with Crippen molar-refractivity contribution >= 4 is 49.8 Å². The highest BCUT2D eigenvalue weighted by Gasteiger charge is 2.56. The number of furan rings is 1. The van der Waals surface area contributed by atoms with Crippen LogP contribution >= 0.6 is 0 Å². The van der Waals surface area contributed by atoms with Crippen molar-refractivity contribution in [2.45, 2.75) is 130 Å². The average molecular weight is 1050 g/mol. The number of benzene rings is 10. The first kappa shape index (κ1) is 33.5. The van der Waals surface area contributed by atoms with Crippen LogP contribution in [0.25, 0.3) is 77.2 Å². The van der Waals surface area contributed by atoms with Gasteiger partial charge in [0.1, 0.15) is 11.2 Å². The third-order valence-electron chi connectivity index (χ3n) is 18.5. The van der Waals surface area contributed by atoms with E-state index in [4.69, 9.17) is 8.53 Å². The van der Waals surface area contributed by atoms with Crippen LogP contribution in [0, 0.1) is 125 Å². The molecule has 10 aromatic carbocycles. The van der Waals surface area contributed by atoms with E-state index in [1.807, 2.05) is 6.92 Å². The predicted octanol–water partition coefficient (Wildman–Crippen LogP) is 21.4. The van der Waals surface area contributed by atoms with Gasteiger partial charge in [-0.15, -0.1) is 0 Å². The summed E-state index contributed by atoms with van der Waals surface area (Å²) in [6.07, 6.45) is 0. The zero-order chi connectivity index (χ0) is 72.3. The predicted molar refractivity (Wildman–Crippen MR) is 338 cm³/mol. The van der Waals surface area contributed by atoms with E-state index in [2.05, 4.69) is 55.4 Å². The maximum atomic E-state index is 11.0. The molecule has 2 aliphatic carbocycles. The fraction of sp³-hybridized carbons (Fsp3) is 0.247. The van der Waals surface area contributed by atoms with Crippen LogP contribution in [0.4, 0.5) is 17.1 Å². The van der Waals surface area contributed by atoms with Crippen molar-refractivity contribution in [3.05, 3.63) is 237 Å². The number of fused-ring (bicyclic) bond motifs is 15. The Morgan fingerprint density at radius 3 is 1.56 bits per heavy atom. The molecule has 2 heteroatoms. The summed E-state index contributed by atoms with van der Waals surface area (Å²) >= 11 is 0. The van der Waals surface area contributed by atoms with Gasteiger partial charge in [-0.05, 0) is 310 Å². The number of hydrogen-bond donors (Lipinski definition) is 0. The minimum absolute atomic E-state index is 0.0645. The summed E-state index contributed by atoms with van der Waals surface area (Å²) in [5.41, 5.74) is 14.0. The van der Waals surface area contributed by atoms with E-state index in [1.165, 1.54) is 4.90 Å². The van der Waals surface area contributed by atoms with E-state index in [1.54, 1.807) is 62.3 Å². The van der Waals surface area contributed by atoms with E-state index >= 15 is 0 Å². The van der Waals surface area contributed by atoms with Gasteiger partial charge in [0.05, 0.1) is 48.5 Å². The molecule has 0 unspecified atom stereocenters. The van der Waals surface area contributed by atoms with Gasteiger partial charge in [-0.2, -0.15) is 0 Å². The monoisotopic (exact) mass is 1050 g/mol. The molecule has 0 N–H and O–H groups in total. The Balaban J connectivity index is 1.32. The third kappa shape index (κ3) is 6.58. The molecule has 79 heavy (non-hydrogen) atoms. The SMILES string of the molecule is [2H]c1c([2H])c([2H])c(-c2c([2H])c([2H])c([2H])c([2H])c2N(c2c(C)c([2H])c3c(c2C)C2(c4c(C)c([2H])c([2H])c([2H])c4-3)c3c(C)c(C)c(C)c(C)c3-c3c(C)c(C)c(C)c(C)c32)c2c([2H])c(C)c3c(oc4c5c(C)c([2H])c([2H])c(C)c5c(-c5c([2H])c(C)c(C)c([2H])c5C)c([2H])c43)c2C)c([2H])c1[2H]. The van der Waals surface area contributed by atoms with Crippen LogP contribution in [0.1, 0.15) is 148 Å². The normalized spacial score (nSPS) is 16.4. The summed E-state index contributed by atoms with van der Waals surface area (Å²) in [6.45, 7) is 33.8. The van der Waals surface area contributed by atoms with E-state index in [0.717, 1.165) is 66.8 Å². The fourth-order valence-corrected chi connectivity index (χ4v) is 14.1. The summed E-state index contributed by atoms with van der Waals surface area (Å²) in [4.78, 5) is 1.45. The minimum atomic E-state index is -1.50. The third-order valence-corrected chi connectivity index (χ3v) is 18.5. The lowest BCUT2D eigenvalue weighted by atomic mass is 9.64. The lowest BCUT2D eigenvalue weighted by molar-refractivity contribution is 0.669. The van der Waals surface area contributed by atoms with E-state index in [9.17, 15) is 21.9 Å². The number of anilines is 3. The van der Waals surface area contributed by atoms with Crippen molar-refractivity contribution in [3.63, 3.8) is 0 Å². The Morgan fingerprint density at radius 1 is 0.329 bits per heavy atom.